The smallest absolute Gasteiger partial charge is 0.0569 e. The molecule has 3 nitrogen and oxygen atoms in total. The van der Waals surface area contributed by atoms with Gasteiger partial charge in [0.2, 0.25) is 0 Å². The summed E-state index contributed by atoms with van der Waals surface area (Å²) >= 11 is 1.82. The topological polar surface area (TPSA) is 42.1 Å². The van der Waals surface area contributed by atoms with Crippen LogP contribution in [0.1, 0.15) is 36.4 Å². The molecule has 100 valence electrons. The molecule has 2 heterocycles. The summed E-state index contributed by atoms with van der Waals surface area (Å²) in [5.74, 6) is 0. The molecule has 19 heavy (non-hydrogen) atoms. The summed E-state index contributed by atoms with van der Waals surface area (Å²) in [5, 5.41) is 2.14. The number of anilines is 1. The van der Waals surface area contributed by atoms with Crippen LogP contribution in [0.2, 0.25) is 0 Å². The first-order valence-corrected chi connectivity index (χ1v) is 7.62. The average molecular weight is 273 g/mol. The zero-order chi connectivity index (χ0) is 13.2. The van der Waals surface area contributed by atoms with Crippen LogP contribution in [0.3, 0.4) is 0 Å². The van der Waals surface area contributed by atoms with E-state index < -0.39 is 0 Å². The molecule has 0 aliphatic heterocycles. The maximum absolute atomic E-state index is 5.85. The largest absolute Gasteiger partial charge is 0.362 e. The molecule has 0 saturated heterocycles. The Morgan fingerprint density at radius 1 is 1.42 bits per heavy atom. The van der Waals surface area contributed by atoms with E-state index in [1.54, 1.807) is 0 Å². The number of nitrogens with two attached hydrogens (primary N) is 1. The van der Waals surface area contributed by atoms with Gasteiger partial charge in [-0.2, -0.15) is 0 Å². The summed E-state index contributed by atoms with van der Waals surface area (Å²) in [6.07, 6.45) is 4.55. The molecule has 1 unspecified atom stereocenters. The maximum atomic E-state index is 5.85. The molecule has 4 heteroatoms. The van der Waals surface area contributed by atoms with Gasteiger partial charge in [-0.1, -0.05) is 6.07 Å². The van der Waals surface area contributed by atoms with Crippen LogP contribution in [-0.2, 0) is 6.54 Å². The quantitative estimate of drug-likeness (QED) is 0.908. The van der Waals surface area contributed by atoms with Crippen molar-refractivity contribution < 1.29 is 0 Å². The Morgan fingerprint density at radius 2 is 2.26 bits per heavy atom. The van der Waals surface area contributed by atoms with Gasteiger partial charge < -0.3 is 10.6 Å². The SMILES string of the molecule is CC(N)c1ccc(N(Cc2cccs2)C2CC2)cn1. The second-order valence-corrected chi connectivity index (χ2v) is 6.20. The molecule has 1 fully saturated rings. The van der Waals surface area contributed by atoms with Crippen molar-refractivity contribution in [2.24, 2.45) is 5.73 Å². The van der Waals surface area contributed by atoms with Crippen molar-refractivity contribution in [1.82, 2.24) is 4.98 Å². The third-order valence-electron chi connectivity index (χ3n) is 3.46. The van der Waals surface area contributed by atoms with E-state index in [1.807, 2.05) is 30.5 Å². The van der Waals surface area contributed by atoms with Crippen LogP contribution in [0.4, 0.5) is 5.69 Å². The van der Waals surface area contributed by atoms with Crippen molar-refractivity contribution in [2.45, 2.75) is 38.4 Å². The first-order valence-electron chi connectivity index (χ1n) is 6.74. The van der Waals surface area contributed by atoms with Crippen LogP contribution in [0.5, 0.6) is 0 Å². The van der Waals surface area contributed by atoms with Crippen LogP contribution in [0, 0.1) is 0 Å². The van der Waals surface area contributed by atoms with Gasteiger partial charge in [0.05, 0.1) is 24.1 Å². The van der Waals surface area contributed by atoms with Crippen LogP contribution in [0.25, 0.3) is 0 Å². The summed E-state index contributed by atoms with van der Waals surface area (Å²) in [5.41, 5.74) is 8.01. The van der Waals surface area contributed by atoms with Gasteiger partial charge in [0, 0.05) is 17.0 Å². The molecule has 1 aliphatic carbocycles. The predicted octanol–water partition coefficient (Wildman–Crippen LogP) is 3.33. The van der Waals surface area contributed by atoms with E-state index in [0.29, 0.717) is 6.04 Å². The number of pyridine rings is 1. The molecule has 0 radical (unpaired) electrons. The predicted molar refractivity (Wildman–Crippen MR) is 80.4 cm³/mol. The Hall–Kier alpha value is -1.39. The van der Waals surface area contributed by atoms with E-state index in [2.05, 4.69) is 33.5 Å². The summed E-state index contributed by atoms with van der Waals surface area (Å²) in [6, 6.07) is 9.19. The number of hydrogen-bond acceptors (Lipinski definition) is 4. The van der Waals surface area contributed by atoms with E-state index in [1.165, 1.54) is 23.4 Å². The van der Waals surface area contributed by atoms with Gasteiger partial charge in [0.15, 0.2) is 0 Å². The van der Waals surface area contributed by atoms with Crippen molar-refractivity contribution in [3.8, 4) is 0 Å². The van der Waals surface area contributed by atoms with Crippen LogP contribution in [-0.4, -0.2) is 11.0 Å². The summed E-state index contributed by atoms with van der Waals surface area (Å²) < 4.78 is 0. The molecule has 0 aromatic carbocycles. The van der Waals surface area contributed by atoms with E-state index in [0.717, 1.165) is 12.2 Å². The zero-order valence-electron chi connectivity index (χ0n) is 11.1. The van der Waals surface area contributed by atoms with Gasteiger partial charge >= 0.3 is 0 Å². The first-order chi connectivity index (χ1) is 9.24. The normalized spacial score (nSPS) is 16.3. The van der Waals surface area contributed by atoms with Gasteiger partial charge in [-0.05, 0) is 43.3 Å². The molecule has 1 saturated carbocycles. The van der Waals surface area contributed by atoms with Crippen LogP contribution in [0.15, 0.2) is 35.8 Å². The van der Waals surface area contributed by atoms with Gasteiger partial charge in [0.1, 0.15) is 0 Å². The monoisotopic (exact) mass is 273 g/mol. The van der Waals surface area contributed by atoms with Crippen molar-refractivity contribution in [1.29, 1.82) is 0 Å². The standard InChI is InChI=1S/C15H19N3S/c1-11(16)15-7-6-13(9-17-15)18(12-4-5-12)10-14-3-2-8-19-14/h2-3,6-9,11-12H,4-5,10,16H2,1H3. The summed E-state index contributed by atoms with van der Waals surface area (Å²) in [4.78, 5) is 8.34. The summed E-state index contributed by atoms with van der Waals surface area (Å²) in [6.45, 7) is 2.95. The highest BCUT2D eigenvalue weighted by Gasteiger charge is 2.29. The first kappa shape index (κ1) is 12.6. The van der Waals surface area contributed by atoms with Gasteiger partial charge in [-0.3, -0.25) is 4.98 Å². The highest BCUT2D eigenvalue weighted by molar-refractivity contribution is 7.09. The molecular formula is C15H19N3S. The molecule has 3 rings (SSSR count). The number of thiophene rings is 1. The van der Waals surface area contributed by atoms with Crippen molar-refractivity contribution >= 4 is 17.0 Å². The lowest BCUT2D eigenvalue weighted by molar-refractivity contribution is 0.769. The fraction of sp³-hybridized carbons (Fsp3) is 0.400. The Balaban J connectivity index is 1.79. The number of nitrogens with zero attached hydrogens (tertiary/aromatic N) is 2. The van der Waals surface area contributed by atoms with Crippen molar-refractivity contribution in [2.75, 3.05) is 4.90 Å². The molecule has 2 aromatic heterocycles. The maximum Gasteiger partial charge on any atom is 0.0569 e. The van der Waals surface area contributed by atoms with E-state index in [4.69, 9.17) is 5.73 Å². The Bertz CT molecular complexity index is 515. The lowest BCUT2D eigenvalue weighted by Gasteiger charge is -2.24. The fourth-order valence-corrected chi connectivity index (χ4v) is 2.93. The van der Waals surface area contributed by atoms with Crippen LogP contribution >= 0.6 is 11.3 Å². The molecule has 0 amide bonds. The molecule has 0 bridgehead atoms. The molecule has 1 atom stereocenters. The lowest BCUT2D eigenvalue weighted by Crippen LogP contribution is -2.24. The zero-order valence-corrected chi connectivity index (χ0v) is 11.9. The van der Waals surface area contributed by atoms with E-state index in [-0.39, 0.29) is 6.04 Å². The number of hydrogen-bond donors (Lipinski definition) is 1. The van der Waals surface area contributed by atoms with Crippen LogP contribution < -0.4 is 10.6 Å². The molecular weight excluding hydrogens is 254 g/mol. The third-order valence-corrected chi connectivity index (χ3v) is 4.32. The minimum atomic E-state index is 0.000668. The Kier molecular flexibility index (Phi) is 3.53. The second kappa shape index (κ2) is 5.31. The Morgan fingerprint density at radius 3 is 2.79 bits per heavy atom. The highest BCUT2D eigenvalue weighted by Crippen LogP contribution is 2.33. The van der Waals surface area contributed by atoms with Crippen molar-refractivity contribution in [3.63, 3.8) is 0 Å². The van der Waals surface area contributed by atoms with E-state index in [9.17, 15) is 0 Å². The van der Waals surface area contributed by atoms with Gasteiger partial charge in [-0.15, -0.1) is 11.3 Å². The molecule has 1 aliphatic rings. The Labute approximate surface area is 118 Å². The lowest BCUT2D eigenvalue weighted by atomic mass is 10.2. The molecule has 2 aromatic rings. The highest BCUT2D eigenvalue weighted by atomic mass is 32.1. The fourth-order valence-electron chi connectivity index (χ4n) is 2.22. The molecule has 0 spiro atoms. The minimum absolute atomic E-state index is 0.000668. The number of aromatic nitrogens is 1. The van der Waals surface area contributed by atoms with Crippen molar-refractivity contribution in [3.05, 3.63) is 46.4 Å². The van der Waals surface area contributed by atoms with E-state index >= 15 is 0 Å². The second-order valence-electron chi connectivity index (χ2n) is 5.17. The van der Waals surface area contributed by atoms with Gasteiger partial charge in [-0.25, -0.2) is 0 Å². The average Bonchev–Trinajstić information content (AvgIpc) is 3.13. The van der Waals surface area contributed by atoms with Gasteiger partial charge in [0.25, 0.3) is 0 Å². The summed E-state index contributed by atoms with van der Waals surface area (Å²) in [7, 11) is 0. The molecule has 2 N–H and O–H groups in total. The minimum Gasteiger partial charge on any atom is -0.362 e. The number of rotatable bonds is 5. The third kappa shape index (κ3) is 2.96.